The first-order valence-electron chi connectivity index (χ1n) is 7.50. The molecule has 1 atom stereocenters. The number of rotatable bonds is 5. The first-order valence-corrected chi connectivity index (χ1v) is 7.50. The molecule has 120 valence electrons. The molecule has 0 spiro atoms. The van der Waals surface area contributed by atoms with E-state index in [0.717, 1.165) is 31.6 Å². The molecule has 0 aromatic heterocycles. The summed E-state index contributed by atoms with van der Waals surface area (Å²) in [6.45, 7) is 3.89. The number of carboxylic acid groups (broad SMARTS) is 1. The molecular weight excluding hydrogens is 284 g/mol. The van der Waals surface area contributed by atoms with Crippen LogP contribution in [0.25, 0.3) is 0 Å². The van der Waals surface area contributed by atoms with E-state index in [1.807, 2.05) is 6.92 Å². The van der Waals surface area contributed by atoms with Crippen LogP contribution >= 0.6 is 0 Å². The van der Waals surface area contributed by atoms with Crippen LogP contribution in [0.4, 0.5) is 4.79 Å². The summed E-state index contributed by atoms with van der Waals surface area (Å²) in [5.41, 5.74) is 1.10. The van der Waals surface area contributed by atoms with Crippen molar-refractivity contribution >= 4 is 12.0 Å². The molecule has 3 N–H and O–H groups in total. The van der Waals surface area contributed by atoms with E-state index in [9.17, 15) is 9.59 Å². The van der Waals surface area contributed by atoms with Crippen LogP contribution in [0, 0.1) is 5.92 Å². The largest absolute Gasteiger partial charge is 0.478 e. The number of hydrogen-bond donors (Lipinski definition) is 3. The lowest BCUT2D eigenvalue weighted by atomic mass is 9.93. The molecule has 0 radical (unpaired) electrons. The van der Waals surface area contributed by atoms with E-state index >= 15 is 0 Å². The van der Waals surface area contributed by atoms with Gasteiger partial charge < -0.3 is 20.5 Å². The maximum Gasteiger partial charge on any atom is 0.335 e. The maximum absolute atomic E-state index is 11.9. The van der Waals surface area contributed by atoms with Gasteiger partial charge in [0, 0.05) is 25.8 Å². The first-order chi connectivity index (χ1) is 10.6. The minimum absolute atomic E-state index is 0.110. The Balaban J connectivity index is 1.75. The summed E-state index contributed by atoms with van der Waals surface area (Å²) >= 11 is 0. The average Bonchev–Trinajstić information content (AvgIpc) is 2.54. The fraction of sp³-hybridized carbons (Fsp3) is 0.500. The van der Waals surface area contributed by atoms with Crippen LogP contribution in [0.5, 0.6) is 0 Å². The van der Waals surface area contributed by atoms with Crippen molar-refractivity contribution in [3.05, 3.63) is 35.4 Å². The van der Waals surface area contributed by atoms with Crippen molar-refractivity contribution in [1.29, 1.82) is 0 Å². The molecule has 1 aliphatic heterocycles. The Kier molecular flexibility index (Phi) is 5.77. The summed E-state index contributed by atoms with van der Waals surface area (Å²) < 4.78 is 5.32. The van der Waals surface area contributed by atoms with Crippen LogP contribution in [0.1, 0.15) is 35.7 Å². The van der Waals surface area contributed by atoms with Gasteiger partial charge in [-0.1, -0.05) is 12.1 Å². The number of urea groups is 1. The number of carboxylic acids is 1. The van der Waals surface area contributed by atoms with Gasteiger partial charge in [0.15, 0.2) is 0 Å². The number of hydrogen-bond acceptors (Lipinski definition) is 3. The molecule has 1 saturated heterocycles. The van der Waals surface area contributed by atoms with Crippen molar-refractivity contribution in [3.8, 4) is 0 Å². The number of carbonyl (C=O) groups is 2. The van der Waals surface area contributed by atoms with E-state index in [-0.39, 0.29) is 17.6 Å². The highest BCUT2D eigenvalue weighted by atomic mass is 16.5. The molecule has 22 heavy (non-hydrogen) atoms. The topological polar surface area (TPSA) is 87.7 Å². The van der Waals surface area contributed by atoms with Crippen molar-refractivity contribution in [2.24, 2.45) is 5.92 Å². The Hall–Kier alpha value is -2.08. The van der Waals surface area contributed by atoms with Gasteiger partial charge in [0.1, 0.15) is 0 Å². The SMILES string of the molecule is CC(NC(=O)NCc1ccc(C(=O)O)cc1)C1CCOCC1. The predicted molar refractivity (Wildman–Crippen MR) is 81.8 cm³/mol. The van der Waals surface area contributed by atoms with Crippen molar-refractivity contribution in [2.45, 2.75) is 32.4 Å². The van der Waals surface area contributed by atoms with Crippen LogP contribution in [0.2, 0.25) is 0 Å². The van der Waals surface area contributed by atoms with Gasteiger partial charge in [-0.3, -0.25) is 0 Å². The Labute approximate surface area is 129 Å². The summed E-state index contributed by atoms with van der Waals surface area (Å²) in [7, 11) is 0. The van der Waals surface area contributed by atoms with Crippen LogP contribution in [0.15, 0.2) is 24.3 Å². The monoisotopic (exact) mass is 306 g/mol. The molecular formula is C16H22N2O4. The third-order valence-electron chi connectivity index (χ3n) is 3.99. The predicted octanol–water partition coefficient (Wildman–Crippen LogP) is 2.00. The molecule has 2 amide bonds. The fourth-order valence-electron chi connectivity index (χ4n) is 2.54. The lowest BCUT2D eigenvalue weighted by Gasteiger charge is -2.28. The van der Waals surface area contributed by atoms with Crippen molar-refractivity contribution in [3.63, 3.8) is 0 Å². The highest BCUT2D eigenvalue weighted by Gasteiger charge is 2.21. The number of aromatic carboxylic acids is 1. The Morgan fingerprint density at radius 1 is 1.27 bits per heavy atom. The van der Waals surface area contributed by atoms with Gasteiger partial charge >= 0.3 is 12.0 Å². The van der Waals surface area contributed by atoms with Crippen LogP contribution in [-0.2, 0) is 11.3 Å². The summed E-state index contributed by atoms with van der Waals surface area (Å²) in [6.07, 6.45) is 1.94. The maximum atomic E-state index is 11.9. The molecule has 0 aliphatic carbocycles. The van der Waals surface area contributed by atoms with Gasteiger partial charge in [-0.05, 0) is 43.4 Å². The smallest absolute Gasteiger partial charge is 0.335 e. The Morgan fingerprint density at radius 3 is 2.50 bits per heavy atom. The third-order valence-corrected chi connectivity index (χ3v) is 3.99. The van der Waals surface area contributed by atoms with Crippen molar-refractivity contribution in [2.75, 3.05) is 13.2 Å². The van der Waals surface area contributed by atoms with Crippen LogP contribution in [0.3, 0.4) is 0 Å². The Bertz CT molecular complexity index is 509. The minimum Gasteiger partial charge on any atom is -0.478 e. The zero-order valence-electron chi connectivity index (χ0n) is 12.7. The summed E-state index contributed by atoms with van der Waals surface area (Å²) in [6, 6.07) is 6.36. The first kappa shape index (κ1) is 16.3. The standard InChI is InChI=1S/C16H22N2O4/c1-11(13-6-8-22-9-7-13)18-16(21)17-10-12-2-4-14(5-3-12)15(19)20/h2-5,11,13H,6-10H2,1H3,(H,19,20)(H2,17,18,21). The molecule has 6 heteroatoms. The molecule has 2 rings (SSSR count). The second-order valence-corrected chi connectivity index (χ2v) is 5.57. The van der Waals surface area contributed by atoms with Gasteiger partial charge in [0.2, 0.25) is 0 Å². The normalized spacial score (nSPS) is 16.8. The molecule has 1 fully saturated rings. The van der Waals surface area contributed by atoms with E-state index < -0.39 is 5.97 Å². The minimum atomic E-state index is -0.956. The van der Waals surface area contributed by atoms with Gasteiger partial charge in [0.05, 0.1) is 5.56 Å². The van der Waals surface area contributed by atoms with E-state index in [2.05, 4.69) is 10.6 Å². The summed E-state index contributed by atoms with van der Waals surface area (Å²) in [5, 5.41) is 14.6. The highest BCUT2D eigenvalue weighted by molar-refractivity contribution is 5.87. The second-order valence-electron chi connectivity index (χ2n) is 5.57. The van der Waals surface area contributed by atoms with Crippen LogP contribution < -0.4 is 10.6 Å². The molecule has 1 heterocycles. The highest BCUT2D eigenvalue weighted by Crippen LogP contribution is 2.18. The van der Waals surface area contributed by atoms with E-state index in [1.165, 1.54) is 12.1 Å². The van der Waals surface area contributed by atoms with Crippen LogP contribution in [-0.4, -0.2) is 36.4 Å². The van der Waals surface area contributed by atoms with Gasteiger partial charge in [-0.15, -0.1) is 0 Å². The summed E-state index contributed by atoms with van der Waals surface area (Å²) in [4.78, 5) is 22.7. The number of amides is 2. The molecule has 0 saturated carbocycles. The number of carbonyl (C=O) groups excluding carboxylic acids is 1. The third kappa shape index (κ3) is 4.73. The molecule has 1 aromatic carbocycles. The van der Waals surface area contributed by atoms with E-state index in [0.29, 0.717) is 12.5 Å². The summed E-state index contributed by atoms with van der Waals surface area (Å²) in [5.74, 6) is -0.503. The number of nitrogens with one attached hydrogen (secondary N) is 2. The van der Waals surface area contributed by atoms with Gasteiger partial charge in [0.25, 0.3) is 0 Å². The molecule has 0 bridgehead atoms. The zero-order valence-corrected chi connectivity index (χ0v) is 12.7. The van der Waals surface area contributed by atoms with Gasteiger partial charge in [-0.25, -0.2) is 9.59 Å². The molecule has 1 aromatic rings. The van der Waals surface area contributed by atoms with Crippen molar-refractivity contribution < 1.29 is 19.4 Å². The van der Waals surface area contributed by atoms with Gasteiger partial charge in [-0.2, -0.15) is 0 Å². The molecule has 1 unspecified atom stereocenters. The Morgan fingerprint density at radius 2 is 1.91 bits per heavy atom. The van der Waals surface area contributed by atoms with Crippen molar-refractivity contribution in [1.82, 2.24) is 10.6 Å². The molecule has 1 aliphatic rings. The fourth-order valence-corrected chi connectivity index (χ4v) is 2.54. The second kappa shape index (κ2) is 7.79. The number of benzene rings is 1. The van der Waals surface area contributed by atoms with E-state index in [4.69, 9.17) is 9.84 Å². The molecule has 6 nitrogen and oxygen atoms in total. The average molecular weight is 306 g/mol. The quantitative estimate of drug-likeness (QED) is 0.776. The number of ether oxygens (including phenoxy) is 1. The lowest BCUT2D eigenvalue weighted by molar-refractivity contribution is 0.0571. The van der Waals surface area contributed by atoms with E-state index in [1.54, 1.807) is 12.1 Å². The lowest BCUT2D eigenvalue weighted by Crippen LogP contribution is -2.45. The zero-order chi connectivity index (χ0) is 15.9.